The monoisotopic (exact) mass is 209 g/mol. The van der Waals surface area contributed by atoms with Crippen LogP contribution in [-0.2, 0) is 0 Å². The van der Waals surface area contributed by atoms with Gasteiger partial charge in [-0.05, 0) is 27.6 Å². The Morgan fingerprint density at radius 1 is 1.36 bits per heavy atom. The van der Waals surface area contributed by atoms with Crippen LogP contribution in [0.25, 0.3) is 12.2 Å². The summed E-state index contributed by atoms with van der Waals surface area (Å²) in [5.41, 5.74) is 2.03. The molecule has 1 aromatic rings. The van der Waals surface area contributed by atoms with Crippen molar-refractivity contribution in [3.05, 3.63) is 41.2 Å². The van der Waals surface area contributed by atoms with Crippen LogP contribution in [-0.4, -0.2) is 4.98 Å². The molecule has 56 valence electrons. The van der Waals surface area contributed by atoms with Gasteiger partial charge < -0.3 is 0 Å². The minimum absolute atomic E-state index is 0.810. The summed E-state index contributed by atoms with van der Waals surface area (Å²) in [6, 6.07) is 1.90. The van der Waals surface area contributed by atoms with E-state index in [1.165, 1.54) is 0 Å². The predicted molar refractivity (Wildman–Crippen MR) is 52.1 cm³/mol. The van der Waals surface area contributed by atoms with Crippen LogP contribution in [0.1, 0.15) is 11.1 Å². The van der Waals surface area contributed by atoms with Crippen molar-refractivity contribution < 1.29 is 0 Å². The Labute approximate surface area is 74.6 Å². The van der Waals surface area contributed by atoms with Crippen LogP contribution < -0.4 is 0 Å². The number of hydrogen-bond acceptors (Lipinski definition) is 1. The highest BCUT2D eigenvalue weighted by Crippen LogP contribution is 2.19. The maximum atomic E-state index is 4.06. The summed E-state index contributed by atoms with van der Waals surface area (Å²) in [6.07, 6.45) is 5.27. The average Bonchev–Trinajstić information content (AvgIpc) is 2.04. The fourth-order valence-electron chi connectivity index (χ4n) is 0.842. The number of pyridine rings is 1. The van der Waals surface area contributed by atoms with Crippen LogP contribution in [0.2, 0.25) is 0 Å². The Bertz CT molecular complexity index is 292. The van der Waals surface area contributed by atoms with Crippen molar-refractivity contribution in [1.82, 2.24) is 4.98 Å². The second-order valence-electron chi connectivity index (χ2n) is 2.01. The molecule has 0 aliphatic heterocycles. The van der Waals surface area contributed by atoms with Crippen LogP contribution in [0.3, 0.4) is 0 Å². The van der Waals surface area contributed by atoms with Crippen LogP contribution in [0, 0.1) is 0 Å². The molecule has 0 atom stereocenters. The van der Waals surface area contributed by atoms with Crippen LogP contribution in [0.5, 0.6) is 0 Å². The number of nitrogens with zero attached hydrogens (tertiary/aromatic N) is 1. The first-order chi connectivity index (χ1) is 5.29. The quantitative estimate of drug-likeness (QED) is 0.683. The molecule has 0 bridgehead atoms. The molecular weight excluding hydrogens is 202 g/mol. The van der Waals surface area contributed by atoms with Crippen molar-refractivity contribution in [2.75, 3.05) is 0 Å². The van der Waals surface area contributed by atoms with Gasteiger partial charge in [0, 0.05) is 11.8 Å². The summed E-state index contributed by atoms with van der Waals surface area (Å²) in [5, 5.41) is 0. The first-order valence-corrected chi connectivity index (χ1v) is 3.98. The molecule has 2 heteroatoms. The molecule has 1 nitrogen and oxygen atoms in total. The molecule has 0 saturated heterocycles. The van der Waals surface area contributed by atoms with E-state index in [0.29, 0.717) is 0 Å². The third-order valence-corrected chi connectivity index (χ3v) is 2.03. The number of hydrogen-bond donors (Lipinski definition) is 0. The smallest absolute Gasteiger partial charge is 0.113 e. The van der Waals surface area contributed by atoms with Gasteiger partial charge in [-0.15, -0.1) is 0 Å². The van der Waals surface area contributed by atoms with E-state index in [1.54, 1.807) is 18.3 Å². The first kappa shape index (κ1) is 8.21. The summed E-state index contributed by atoms with van der Waals surface area (Å²) in [4.78, 5) is 4.06. The van der Waals surface area contributed by atoms with Gasteiger partial charge in [0.2, 0.25) is 0 Å². The number of rotatable bonds is 2. The molecule has 0 radical (unpaired) electrons. The second kappa shape index (κ2) is 3.49. The summed E-state index contributed by atoms with van der Waals surface area (Å²) < 4.78 is 0.810. The molecule has 0 amide bonds. The second-order valence-corrected chi connectivity index (χ2v) is 2.76. The molecule has 1 heterocycles. The molecule has 0 aliphatic rings. The number of halogens is 1. The Morgan fingerprint density at radius 3 is 2.55 bits per heavy atom. The minimum atomic E-state index is 0.810. The fourth-order valence-corrected chi connectivity index (χ4v) is 1.35. The van der Waals surface area contributed by atoms with Gasteiger partial charge >= 0.3 is 0 Å². The van der Waals surface area contributed by atoms with Gasteiger partial charge in [0.05, 0.1) is 0 Å². The van der Waals surface area contributed by atoms with E-state index in [9.17, 15) is 0 Å². The van der Waals surface area contributed by atoms with Gasteiger partial charge in [-0.3, -0.25) is 0 Å². The Kier molecular flexibility index (Phi) is 2.60. The van der Waals surface area contributed by atoms with Gasteiger partial charge in [0.1, 0.15) is 4.60 Å². The zero-order valence-corrected chi connectivity index (χ0v) is 7.63. The van der Waals surface area contributed by atoms with E-state index in [4.69, 9.17) is 0 Å². The molecule has 1 aromatic heterocycles. The van der Waals surface area contributed by atoms with E-state index in [2.05, 4.69) is 34.1 Å². The summed E-state index contributed by atoms with van der Waals surface area (Å²) in [5.74, 6) is 0. The molecule has 1 rings (SSSR count). The van der Waals surface area contributed by atoms with Crippen LogP contribution >= 0.6 is 15.9 Å². The standard InChI is InChI=1S/C9H8BrN/c1-3-7-5-6-11-9(10)8(7)4-2/h3-6H,1-2H2. The molecular formula is C9H8BrN. The van der Waals surface area contributed by atoms with E-state index in [-0.39, 0.29) is 0 Å². The largest absolute Gasteiger partial charge is 0.249 e. The predicted octanol–water partition coefficient (Wildman–Crippen LogP) is 3.13. The van der Waals surface area contributed by atoms with Crippen molar-refractivity contribution in [3.63, 3.8) is 0 Å². The van der Waals surface area contributed by atoms with Gasteiger partial charge in [-0.25, -0.2) is 4.98 Å². The Hall–Kier alpha value is -0.890. The van der Waals surface area contributed by atoms with Gasteiger partial charge in [0.25, 0.3) is 0 Å². The molecule has 0 aromatic carbocycles. The molecule has 0 N–H and O–H groups in total. The SMILES string of the molecule is C=Cc1ccnc(Br)c1C=C. The van der Waals surface area contributed by atoms with E-state index in [1.807, 2.05) is 6.07 Å². The van der Waals surface area contributed by atoms with E-state index < -0.39 is 0 Å². The highest BCUT2D eigenvalue weighted by atomic mass is 79.9. The highest BCUT2D eigenvalue weighted by Gasteiger charge is 1.99. The third-order valence-electron chi connectivity index (χ3n) is 1.40. The van der Waals surface area contributed by atoms with Gasteiger partial charge in [-0.2, -0.15) is 0 Å². The van der Waals surface area contributed by atoms with Crippen molar-refractivity contribution in [2.45, 2.75) is 0 Å². The molecule has 0 saturated carbocycles. The lowest BCUT2D eigenvalue weighted by Gasteiger charge is -2.00. The zero-order chi connectivity index (χ0) is 8.27. The lowest BCUT2D eigenvalue weighted by atomic mass is 10.1. The first-order valence-electron chi connectivity index (χ1n) is 3.19. The van der Waals surface area contributed by atoms with Crippen molar-refractivity contribution in [2.24, 2.45) is 0 Å². The molecule has 0 aliphatic carbocycles. The maximum Gasteiger partial charge on any atom is 0.113 e. The summed E-state index contributed by atoms with van der Waals surface area (Å²) in [7, 11) is 0. The average molecular weight is 210 g/mol. The van der Waals surface area contributed by atoms with Crippen LogP contribution in [0.15, 0.2) is 30.0 Å². The fraction of sp³-hybridized carbons (Fsp3) is 0. The zero-order valence-electron chi connectivity index (χ0n) is 6.05. The van der Waals surface area contributed by atoms with E-state index >= 15 is 0 Å². The maximum absolute atomic E-state index is 4.06. The summed E-state index contributed by atoms with van der Waals surface area (Å²) >= 11 is 3.32. The molecule has 11 heavy (non-hydrogen) atoms. The van der Waals surface area contributed by atoms with Gasteiger partial charge in [-0.1, -0.05) is 25.3 Å². The molecule has 0 unspecified atom stereocenters. The minimum Gasteiger partial charge on any atom is -0.249 e. The topological polar surface area (TPSA) is 12.9 Å². The van der Waals surface area contributed by atoms with Crippen molar-refractivity contribution >= 4 is 28.1 Å². The molecule has 0 fully saturated rings. The van der Waals surface area contributed by atoms with Crippen molar-refractivity contribution in [3.8, 4) is 0 Å². The molecule has 0 spiro atoms. The van der Waals surface area contributed by atoms with E-state index in [0.717, 1.165) is 15.7 Å². The normalized spacial score (nSPS) is 9.18. The third kappa shape index (κ3) is 1.57. The highest BCUT2D eigenvalue weighted by molar-refractivity contribution is 9.10. The number of aromatic nitrogens is 1. The van der Waals surface area contributed by atoms with Crippen molar-refractivity contribution in [1.29, 1.82) is 0 Å². The van der Waals surface area contributed by atoms with Crippen LogP contribution in [0.4, 0.5) is 0 Å². The Balaban J connectivity index is 3.35. The lowest BCUT2D eigenvalue weighted by Crippen LogP contribution is -1.84. The Morgan fingerprint density at radius 2 is 2.09 bits per heavy atom. The lowest BCUT2D eigenvalue weighted by molar-refractivity contribution is 1.26. The van der Waals surface area contributed by atoms with Gasteiger partial charge in [0.15, 0.2) is 0 Å². The summed E-state index contributed by atoms with van der Waals surface area (Å²) in [6.45, 7) is 7.37.